The molecule has 1 amide bonds. The maximum Gasteiger partial charge on any atom is 0.243 e. The number of nitrogens with one attached hydrogen (secondary N) is 1. The van der Waals surface area contributed by atoms with Gasteiger partial charge in [-0.3, -0.25) is 4.79 Å². The molecule has 33 heavy (non-hydrogen) atoms. The maximum atomic E-state index is 13.8. The van der Waals surface area contributed by atoms with Crippen LogP contribution in [0.5, 0.6) is 0 Å². The number of aromatic nitrogens is 3. The number of hydrogen-bond donors (Lipinski definition) is 1. The number of imidazole rings is 1. The van der Waals surface area contributed by atoms with Gasteiger partial charge in [0.25, 0.3) is 0 Å². The normalized spacial score (nSPS) is 19.8. The number of hydrogen-bond acceptors (Lipinski definition) is 5. The Morgan fingerprint density at radius 2 is 1.85 bits per heavy atom. The molecule has 9 heteroatoms. The number of morpholine rings is 1. The van der Waals surface area contributed by atoms with Gasteiger partial charge in [0.1, 0.15) is 11.9 Å². The van der Waals surface area contributed by atoms with E-state index in [1.165, 1.54) is 6.33 Å². The van der Waals surface area contributed by atoms with Crippen LogP contribution in [0.25, 0.3) is 11.0 Å². The van der Waals surface area contributed by atoms with Crippen LogP contribution in [0.4, 0.5) is 14.6 Å². The average Bonchev–Trinajstić information content (AvgIpc) is 3.14. The molecule has 1 aromatic carbocycles. The summed E-state index contributed by atoms with van der Waals surface area (Å²) in [5, 5.41) is 2.94. The smallest absolute Gasteiger partial charge is 0.243 e. The zero-order valence-electron chi connectivity index (χ0n) is 19.3. The van der Waals surface area contributed by atoms with Gasteiger partial charge in [-0.2, -0.15) is 0 Å². The van der Waals surface area contributed by atoms with Gasteiger partial charge in [0.2, 0.25) is 5.91 Å². The summed E-state index contributed by atoms with van der Waals surface area (Å²) >= 11 is 0. The van der Waals surface area contributed by atoms with E-state index in [0.29, 0.717) is 17.6 Å². The molecule has 176 valence electrons. The molecule has 3 aromatic rings. The van der Waals surface area contributed by atoms with Gasteiger partial charge in [0, 0.05) is 38.0 Å². The minimum absolute atomic E-state index is 0.0960. The molecule has 0 bridgehead atoms. The molecule has 0 saturated carbocycles. The van der Waals surface area contributed by atoms with Gasteiger partial charge in [-0.25, -0.2) is 18.7 Å². The van der Waals surface area contributed by atoms with Crippen molar-refractivity contribution in [2.75, 3.05) is 18.0 Å². The van der Waals surface area contributed by atoms with Crippen LogP contribution in [0, 0.1) is 17.6 Å². The third-order valence-electron chi connectivity index (χ3n) is 5.84. The summed E-state index contributed by atoms with van der Waals surface area (Å²) in [6, 6.07) is 5.40. The molecule has 0 spiro atoms. The Morgan fingerprint density at radius 1 is 1.15 bits per heavy atom. The molecule has 3 heterocycles. The van der Waals surface area contributed by atoms with Gasteiger partial charge in [0.05, 0.1) is 29.6 Å². The van der Waals surface area contributed by atoms with Crippen LogP contribution in [0.1, 0.15) is 39.3 Å². The Bertz CT molecular complexity index is 1120. The lowest BCUT2D eigenvalue weighted by molar-refractivity contribution is -0.125. The first kappa shape index (κ1) is 23.1. The Morgan fingerprint density at radius 3 is 2.48 bits per heavy atom. The summed E-state index contributed by atoms with van der Waals surface area (Å²) in [6.45, 7) is 9.77. The number of halogens is 2. The van der Waals surface area contributed by atoms with E-state index in [1.54, 1.807) is 10.8 Å². The van der Waals surface area contributed by atoms with Gasteiger partial charge in [-0.15, -0.1) is 0 Å². The van der Waals surface area contributed by atoms with Crippen molar-refractivity contribution in [1.82, 2.24) is 19.9 Å². The van der Waals surface area contributed by atoms with Crippen LogP contribution in [0.2, 0.25) is 0 Å². The largest absolute Gasteiger partial charge is 0.372 e. The first-order chi connectivity index (χ1) is 15.7. The van der Waals surface area contributed by atoms with Crippen molar-refractivity contribution in [3.63, 3.8) is 0 Å². The predicted octanol–water partition coefficient (Wildman–Crippen LogP) is 3.84. The van der Waals surface area contributed by atoms with Crippen molar-refractivity contribution in [2.45, 2.75) is 52.5 Å². The van der Waals surface area contributed by atoms with E-state index in [1.807, 2.05) is 39.8 Å². The van der Waals surface area contributed by atoms with E-state index in [-0.39, 0.29) is 24.0 Å². The van der Waals surface area contributed by atoms with E-state index in [9.17, 15) is 13.6 Å². The number of ether oxygens (including phenoxy) is 1. The molecule has 7 nitrogen and oxygen atoms in total. The topological polar surface area (TPSA) is 72.3 Å². The minimum atomic E-state index is -0.970. The lowest BCUT2D eigenvalue weighted by Gasteiger charge is -2.36. The van der Waals surface area contributed by atoms with Crippen molar-refractivity contribution in [3.8, 4) is 0 Å². The number of rotatable bonds is 6. The minimum Gasteiger partial charge on any atom is -0.372 e. The lowest BCUT2D eigenvalue weighted by Crippen LogP contribution is -2.45. The molecule has 4 rings (SSSR count). The molecule has 1 fully saturated rings. The number of anilines is 1. The van der Waals surface area contributed by atoms with Crippen LogP contribution in [-0.2, 0) is 16.1 Å². The summed E-state index contributed by atoms with van der Waals surface area (Å²) in [5.41, 5.74) is 1.55. The molecular formula is C24H29F2N5O2. The van der Waals surface area contributed by atoms with Crippen molar-refractivity contribution in [1.29, 1.82) is 0 Å². The van der Waals surface area contributed by atoms with Gasteiger partial charge in [-0.05, 0) is 31.4 Å². The highest BCUT2D eigenvalue weighted by Gasteiger charge is 2.26. The number of fused-ring (bicyclic) bond motifs is 1. The number of carbonyl (C=O) groups excluding carboxylic acids is 1. The molecule has 1 saturated heterocycles. The monoisotopic (exact) mass is 457 g/mol. The summed E-state index contributed by atoms with van der Waals surface area (Å²) in [5.74, 6) is -1.38. The standard InChI is InChI=1S/C24H29F2N5O2/c1-14(2)23(31-13-29-20-7-18(25)19(26)8-21(20)31)24(32)28-10-17-5-6-22(27-9-17)30-11-15(3)33-16(4)12-30/h5-9,13-16,23H,10-12H2,1-4H3,(H,28,32). The van der Waals surface area contributed by atoms with Crippen LogP contribution in [0.15, 0.2) is 36.8 Å². The van der Waals surface area contributed by atoms with Crippen molar-refractivity contribution < 1.29 is 18.3 Å². The zero-order valence-corrected chi connectivity index (χ0v) is 19.3. The highest BCUT2D eigenvalue weighted by Crippen LogP contribution is 2.26. The van der Waals surface area contributed by atoms with Crippen LogP contribution in [0.3, 0.4) is 0 Å². The maximum absolute atomic E-state index is 13.8. The summed E-state index contributed by atoms with van der Waals surface area (Å²) in [6.07, 6.45) is 3.50. The molecule has 1 N–H and O–H groups in total. The summed E-state index contributed by atoms with van der Waals surface area (Å²) < 4.78 is 34.7. The van der Waals surface area contributed by atoms with Crippen molar-refractivity contribution >= 4 is 22.8 Å². The first-order valence-corrected chi connectivity index (χ1v) is 11.2. The molecule has 3 unspecified atom stereocenters. The van der Waals surface area contributed by atoms with Crippen LogP contribution < -0.4 is 10.2 Å². The average molecular weight is 458 g/mol. The fraction of sp³-hybridized carbons (Fsp3) is 0.458. The van der Waals surface area contributed by atoms with Gasteiger partial charge < -0.3 is 19.5 Å². The quantitative estimate of drug-likeness (QED) is 0.609. The second-order valence-corrected chi connectivity index (χ2v) is 9.00. The molecule has 1 aliphatic rings. The SMILES string of the molecule is CC1CN(c2ccc(CNC(=O)C(C(C)C)n3cnc4cc(F)c(F)cc43)cn2)CC(C)O1. The number of nitrogens with zero attached hydrogens (tertiary/aromatic N) is 4. The highest BCUT2D eigenvalue weighted by atomic mass is 19.2. The lowest BCUT2D eigenvalue weighted by atomic mass is 10.0. The molecule has 1 aliphatic heterocycles. The molecule has 2 aromatic heterocycles. The molecule has 3 atom stereocenters. The van der Waals surface area contributed by atoms with E-state index in [2.05, 4.69) is 20.2 Å². The summed E-state index contributed by atoms with van der Waals surface area (Å²) in [7, 11) is 0. The first-order valence-electron chi connectivity index (χ1n) is 11.2. The number of amides is 1. The van der Waals surface area contributed by atoms with E-state index >= 15 is 0 Å². The highest BCUT2D eigenvalue weighted by molar-refractivity contribution is 5.84. The molecule has 0 radical (unpaired) electrons. The number of pyridine rings is 1. The molecule has 0 aliphatic carbocycles. The van der Waals surface area contributed by atoms with E-state index in [4.69, 9.17) is 4.74 Å². The van der Waals surface area contributed by atoms with E-state index < -0.39 is 17.7 Å². The predicted molar refractivity (Wildman–Crippen MR) is 122 cm³/mol. The van der Waals surface area contributed by atoms with Gasteiger partial charge in [-0.1, -0.05) is 19.9 Å². The third kappa shape index (κ3) is 4.98. The fourth-order valence-electron chi connectivity index (χ4n) is 4.36. The number of benzene rings is 1. The Hall–Kier alpha value is -3.07. The Kier molecular flexibility index (Phi) is 6.60. The Balaban J connectivity index is 1.45. The second kappa shape index (κ2) is 9.43. The zero-order chi connectivity index (χ0) is 23.7. The second-order valence-electron chi connectivity index (χ2n) is 9.00. The van der Waals surface area contributed by atoms with Gasteiger partial charge in [0.15, 0.2) is 11.6 Å². The number of carbonyl (C=O) groups is 1. The van der Waals surface area contributed by atoms with Crippen LogP contribution in [-0.4, -0.2) is 45.7 Å². The van der Waals surface area contributed by atoms with Crippen LogP contribution >= 0.6 is 0 Å². The Labute approximate surface area is 191 Å². The third-order valence-corrected chi connectivity index (χ3v) is 5.84. The van der Waals surface area contributed by atoms with E-state index in [0.717, 1.165) is 36.6 Å². The summed E-state index contributed by atoms with van der Waals surface area (Å²) in [4.78, 5) is 24.0. The van der Waals surface area contributed by atoms with Crippen molar-refractivity contribution in [3.05, 3.63) is 54.0 Å². The fourth-order valence-corrected chi connectivity index (χ4v) is 4.36. The van der Waals surface area contributed by atoms with Crippen molar-refractivity contribution in [2.24, 2.45) is 5.92 Å². The van der Waals surface area contributed by atoms with Gasteiger partial charge >= 0.3 is 0 Å². The molecular weight excluding hydrogens is 428 g/mol.